The molecule has 0 fully saturated rings. The quantitative estimate of drug-likeness (QED) is 0.625. The zero-order chi connectivity index (χ0) is 14.7. The van der Waals surface area contributed by atoms with Gasteiger partial charge in [0.1, 0.15) is 0 Å². The largest absolute Gasteiger partial charge is 0.381 e. The first kappa shape index (κ1) is 14.8. The fraction of sp³-hybridized carbons (Fsp3) is 0.143. The summed E-state index contributed by atoms with van der Waals surface area (Å²) in [5, 5.41) is 14.6. The van der Waals surface area contributed by atoms with Gasteiger partial charge < -0.3 is 5.32 Å². The van der Waals surface area contributed by atoms with Crippen LogP contribution in [0.25, 0.3) is 0 Å². The van der Waals surface area contributed by atoms with Gasteiger partial charge in [-0.1, -0.05) is 33.6 Å². The van der Waals surface area contributed by atoms with Gasteiger partial charge >= 0.3 is 0 Å². The Morgan fingerprint density at radius 1 is 1.30 bits per heavy atom. The number of nitrogens with zero attached hydrogens (tertiary/aromatic N) is 1. The zero-order valence-corrected chi connectivity index (χ0v) is 13.0. The Morgan fingerprint density at radius 3 is 2.70 bits per heavy atom. The molecule has 0 aromatic heterocycles. The van der Waals surface area contributed by atoms with E-state index in [0.29, 0.717) is 16.0 Å². The highest BCUT2D eigenvalue weighted by Gasteiger charge is 2.09. The van der Waals surface area contributed by atoms with Crippen LogP contribution in [-0.2, 0) is 6.54 Å². The fourth-order valence-corrected chi connectivity index (χ4v) is 2.45. The second-order valence-electron chi connectivity index (χ2n) is 4.35. The molecule has 2 aromatic rings. The van der Waals surface area contributed by atoms with Crippen LogP contribution in [-0.4, -0.2) is 4.92 Å². The molecule has 20 heavy (non-hydrogen) atoms. The summed E-state index contributed by atoms with van der Waals surface area (Å²) in [7, 11) is 0. The maximum atomic E-state index is 10.7. The molecule has 0 atom stereocenters. The summed E-state index contributed by atoms with van der Waals surface area (Å²) in [6.07, 6.45) is 0. The number of nitro groups is 1. The van der Waals surface area contributed by atoms with Gasteiger partial charge in [0.25, 0.3) is 5.69 Å². The monoisotopic (exact) mass is 354 g/mol. The lowest BCUT2D eigenvalue weighted by atomic mass is 10.1. The molecule has 104 valence electrons. The number of nitrogens with one attached hydrogen (secondary N) is 1. The van der Waals surface area contributed by atoms with E-state index in [1.807, 2.05) is 25.1 Å². The van der Waals surface area contributed by atoms with E-state index < -0.39 is 4.92 Å². The van der Waals surface area contributed by atoms with Gasteiger partial charge in [0.2, 0.25) is 0 Å². The summed E-state index contributed by atoms with van der Waals surface area (Å²) >= 11 is 9.31. The van der Waals surface area contributed by atoms with E-state index in [4.69, 9.17) is 11.6 Å². The second-order valence-corrected chi connectivity index (χ2v) is 5.64. The van der Waals surface area contributed by atoms with Crippen LogP contribution in [0.2, 0.25) is 5.02 Å². The SMILES string of the molecule is Cc1ccc(Cl)cc1NCc1ccc([N+](=O)[O-])cc1Br. The predicted octanol–water partition coefficient (Wildman–Crippen LogP) is 4.93. The van der Waals surface area contributed by atoms with Crippen LogP contribution >= 0.6 is 27.5 Å². The van der Waals surface area contributed by atoms with Gasteiger partial charge in [0, 0.05) is 33.9 Å². The minimum absolute atomic E-state index is 0.0690. The van der Waals surface area contributed by atoms with Crippen LogP contribution < -0.4 is 5.32 Å². The summed E-state index contributed by atoms with van der Waals surface area (Å²) in [5.41, 5.74) is 3.05. The van der Waals surface area contributed by atoms with Crippen LogP contribution in [0.4, 0.5) is 11.4 Å². The molecule has 6 heteroatoms. The lowest BCUT2D eigenvalue weighted by molar-refractivity contribution is -0.384. The van der Waals surface area contributed by atoms with Gasteiger partial charge in [-0.3, -0.25) is 10.1 Å². The van der Waals surface area contributed by atoms with Crippen LogP contribution in [0.1, 0.15) is 11.1 Å². The zero-order valence-electron chi connectivity index (χ0n) is 10.7. The standard InChI is InChI=1S/C14H12BrClN2O2/c1-9-2-4-11(16)6-14(9)17-8-10-3-5-12(18(19)20)7-13(10)15/h2-7,17H,8H2,1H3. The van der Waals surface area contributed by atoms with Crippen molar-refractivity contribution in [2.75, 3.05) is 5.32 Å². The maximum Gasteiger partial charge on any atom is 0.270 e. The predicted molar refractivity (Wildman–Crippen MR) is 84.3 cm³/mol. The number of non-ortho nitro benzene ring substituents is 1. The Kier molecular flexibility index (Phi) is 4.62. The normalized spacial score (nSPS) is 10.3. The lowest BCUT2D eigenvalue weighted by Gasteiger charge is -2.11. The first-order valence-corrected chi connectivity index (χ1v) is 7.07. The molecule has 0 spiro atoms. The van der Waals surface area contributed by atoms with Crippen LogP contribution in [0.5, 0.6) is 0 Å². The molecule has 0 heterocycles. The van der Waals surface area contributed by atoms with E-state index in [1.54, 1.807) is 6.07 Å². The van der Waals surface area contributed by atoms with Gasteiger partial charge in [-0.2, -0.15) is 0 Å². The highest BCUT2D eigenvalue weighted by Crippen LogP contribution is 2.25. The number of hydrogen-bond donors (Lipinski definition) is 1. The molecule has 0 amide bonds. The maximum absolute atomic E-state index is 10.7. The Balaban J connectivity index is 2.15. The van der Waals surface area contributed by atoms with Gasteiger partial charge in [-0.25, -0.2) is 0 Å². The van der Waals surface area contributed by atoms with Crippen molar-refractivity contribution < 1.29 is 4.92 Å². The highest BCUT2D eigenvalue weighted by atomic mass is 79.9. The summed E-state index contributed by atoms with van der Waals surface area (Å²) in [4.78, 5) is 10.3. The van der Waals surface area contributed by atoms with Crippen LogP contribution in [0, 0.1) is 17.0 Å². The van der Waals surface area contributed by atoms with E-state index in [0.717, 1.165) is 16.8 Å². The first-order valence-electron chi connectivity index (χ1n) is 5.90. The smallest absolute Gasteiger partial charge is 0.270 e. The molecule has 2 aromatic carbocycles. The van der Waals surface area contributed by atoms with Gasteiger partial charge in [-0.05, 0) is 36.2 Å². The number of halogens is 2. The van der Waals surface area contributed by atoms with E-state index in [1.165, 1.54) is 12.1 Å². The van der Waals surface area contributed by atoms with E-state index in [-0.39, 0.29) is 5.69 Å². The average molecular weight is 356 g/mol. The van der Waals surface area contributed by atoms with Crippen molar-refractivity contribution in [3.05, 3.63) is 67.1 Å². The molecule has 0 bridgehead atoms. The molecule has 0 aliphatic rings. The molecule has 0 saturated heterocycles. The van der Waals surface area contributed by atoms with Crippen LogP contribution in [0.3, 0.4) is 0 Å². The third-order valence-corrected chi connectivity index (χ3v) is 3.89. The molecule has 2 rings (SSSR count). The number of nitro benzene ring substituents is 1. The lowest BCUT2D eigenvalue weighted by Crippen LogP contribution is -2.02. The number of benzene rings is 2. The summed E-state index contributed by atoms with van der Waals surface area (Å²) in [6.45, 7) is 2.54. The van der Waals surface area contributed by atoms with E-state index in [2.05, 4.69) is 21.2 Å². The highest BCUT2D eigenvalue weighted by molar-refractivity contribution is 9.10. The van der Waals surface area contributed by atoms with Crippen molar-refractivity contribution in [3.8, 4) is 0 Å². The molecule has 0 unspecified atom stereocenters. The van der Waals surface area contributed by atoms with Gasteiger partial charge in [-0.15, -0.1) is 0 Å². The Labute approximate surface area is 130 Å². The number of anilines is 1. The molecule has 0 radical (unpaired) electrons. The van der Waals surface area contributed by atoms with Crippen molar-refractivity contribution in [1.29, 1.82) is 0 Å². The van der Waals surface area contributed by atoms with Gasteiger partial charge in [0.05, 0.1) is 4.92 Å². The third-order valence-electron chi connectivity index (χ3n) is 2.92. The Morgan fingerprint density at radius 2 is 2.05 bits per heavy atom. The Bertz CT molecular complexity index is 662. The molecule has 0 aliphatic carbocycles. The molecule has 1 N–H and O–H groups in total. The van der Waals surface area contributed by atoms with Crippen LogP contribution in [0.15, 0.2) is 40.9 Å². The molecular weight excluding hydrogens is 344 g/mol. The van der Waals surface area contributed by atoms with Crippen molar-refractivity contribution in [2.45, 2.75) is 13.5 Å². The number of aryl methyl sites for hydroxylation is 1. The van der Waals surface area contributed by atoms with Gasteiger partial charge in [0.15, 0.2) is 0 Å². The molecule has 0 saturated carbocycles. The number of hydrogen-bond acceptors (Lipinski definition) is 3. The molecule has 0 aliphatic heterocycles. The van der Waals surface area contributed by atoms with E-state index in [9.17, 15) is 10.1 Å². The third kappa shape index (κ3) is 3.49. The van der Waals surface area contributed by atoms with Crippen molar-refractivity contribution in [3.63, 3.8) is 0 Å². The molecular formula is C14H12BrClN2O2. The average Bonchev–Trinajstić information content (AvgIpc) is 2.40. The number of rotatable bonds is 4. The second kappa shape index (κ2) is 6.24. The van der Waals surface area contributed by atoms with Crippen molar-refractivity contribution in [2.24, 2.45) is 0 Å². The summed E-state index contributed by atoms with van der Waals surface area (Å²) in [5.74, 6) is 0. The minimum atomic E-state index is -0.414. The minimum Gasteiger partial charge on any atom is -0.381 e. The molecule has 4 nitrogen and oxygen atoms in total. The van der Waals surface area contributed by atoms with Crippen molar-refractivity contribution >= 4 is 38.9 Å². The summed E-state index contributed by atoms with van der Waals surface area (Å²) in [6, 6.07) is 10.4. The summed E-state index contributed by atoms with van der Waals surface area (Å²) < 4.78 is 0.707. The Hall–Kier alpha value is -1.59. The fourth-order valence-electron chi connectivity index (χ4n) is 1.77. The van der Waals surface area contributed by atoms with E-state index >= 15 is 0 Å². The first-order chi connectivity index (χ1) is 9.47. The van der Waals surface area contributed by atoms with Crippen molar-refractivity contribution in [1.82, 2.24) is 0 Å². The topological polar surface area (TPSA) is 55.2 Å².